The summed E-state index contributed by atoms with van der Waals surface area (Å²) in [4.78, 5) is 25.2. The van der Waals surface area contributed by atoms with Crippen molar-refractivity contribution in [2.75, 3.05) is 13.1 Å². The van der Waals surface area contributed by atoms with E-state index in [4.69, 9.17) is 4.42 Å². The topological polar surface area (TPSA) is 89.2 Å². The van der Waals surface area contributed by atoms with Gasteiger partial charge in [-0.1, -0.05) is 6.92 Å². The third kappa shape index (κ3) is 4.19. The minimum absolute atomic E-state index is 0.0916. The second-order valence-electron chi connectivity index (χ2n) is 7.57. The zero-order valence-electron chi connectivity index (χ0n) is 17.2. The van der Waals surface area contributed by atoms with Crippen LogP contribution in [-0.2, 0) is 13.1 Å². The van der Waals surface area contributed by atoms with Gasteiger partial charge in [0.1, 0.15) is 11.3 Å². The smallest absolute Gasteiger partial charge is 0.349 e. The van der Waals surface area contributed by atoms with E-state index in [0.29, 0.717) is 17.9 Å². The number of rotatable bonds is 6. The van der Waals surface area contributed by atoms with E-state index >= 15 is 0 Å². The number of hydrogen-bond donors (Lipinski definition) is 2. The largest absolute Gasteiger partial charge is 0.427 e. The van der Waals surface area contributed by atoms with Crippen molar-refractivity contribution in [3.05, 3.63) is 50.3 Å². The molecule has 1 amide bonds. The molecule has 0 aliphatic carbocycles. The van der Waals surface area contributed by atoms with E-state index in [9.17, 15) is 9.59 Å². The van der Waals surface area contributed by atoms with Gasteiger partial charge in [-0.05, 0) is 64.8 Å². The number of nitrogens with one attached hydrogen (secondary N) is 2. The van der Waals surface area contributed by atoms with Crippen LogP contribution in [0.4, 0.5) is 0 Å². The number of aryl methyl sites for hydroxylation is 3. The summed E-state index contributed by atoms with van der Waals surface area (Å²) in [5, 5.41) is 10.7. The van der Waals surface area contributed by atoms with Crippen molar-refractivity contribution in [3.63, 3.8) is 0 Å². The molecule has 7 heteroatoms. The van der Waals surface area contributed by atoms with Crippen LogP contribution in [0.1, 0.15) is 70.7 Å². The van der Waals surface area contributed by atoms with Crippen LogP contribution >= 0.6 is 0 Å². The van der Waals surface area contributed by atoms with Crippen LogP contribution in [0.2, 0.25) is 0 Å². The van der Waals surface area contributed by atoms with Crippen molar-refractivity contribution < 1.29 is 9.21 Å². The molecule has 1 saturated heterocycles. The highest BCUT2D eigenvalue weighted by atomic mass is 16.4. The monoisotopic (exact) mass is 386 g/mol. The van der Waals surface area contributed by atoms with E-state index in [0.717, 1.165) is 55.8 Å². The summed E-state index contributed by atoms with van der Waals surface area (Å²) in [5.74, 6) is 0.526. The number of hydrogen-bond acceptors (Lipinski definition) is 5. The lowest BCUT2D eigenvalue weighted by molar-refractivity contribution is 0.0945. The summed E-state index contributed by atoms with van der Waals surface area (Å²) in [6, 6.07) is 1.85. The Bertz CT molecular complexity index is 907. The lowest BCUT2D eigenvalue weighted by Gasteiger charge is -2.21. The van der Waals surface area contributed by atoms with E-state index in [1.807, 2.05) is 24.6 Å². The fraction of sp³-hybridized carbons (Fsp3) is 0.571. The van der Waals surface area contributed by atoms with Gasteiger partial charge in [-0.3, -0.25) is 9.48 Å². The highest BCUT2D eigenvalue weighted by Gasteiger charge is 2.23. The molecule has 0 bridgehead atoms. The summed E-state index contributed by atoms with van der Waals surface area (Å²) in [7, 11) is 0. The second kappa shape index (κ2) is 8.73. The van der Waals surface area contributed by atoms with E-state index < -0.39 is 11.5 Å². The van der Waals surface area contributed by atoms with Crippen molar-refractivity contribution >= 4 is 5.91 Å². The predicted molar refractivity (Wildman–Crippen MR) is 108 cm³/mol. The molecule has 28 heavy (non-hydrogen) atoms. The van der Waals surface area contributed by atoms with Gasteiger partial charge in [0.25, 0.3) is 5.91 Å². The van der Waals surface area contributed by atoms with Crippen LogP contribution < -0.4 is 16.3 Å². The molecule has 2 aromatic heterocycles. The number of carbonyl (C=O) groups excluding carboxylic acids is 1. The summed E-state index contributed by atoms with van der Waals surface area (Å²) < 4.78 is 7.49. The van der Waals surface area contributed by atoms with Gasteiger partial charge in [-0.15, -0.1) is 0 Å². The van der Waals surface area contributed by atoms with Crippen molar-refractivity contribution in [2.24, 2.45) is 0 Å². The van der Waals surface area contributed by atoms with Gasteiger partial charge in [0, 0.05) is 30.3 Å². The van der Waals surface area contributed by atoms with Gasteiger partial charge in [0.2, 0.25) is 0 Å². The molecular formula is C21H30N4O3. The highest BCUT2D eigenvalue weighted by Crippen LogP contribution is 2.25. The molecule has 7 nitrogen and oxygen atoms in total. The molecule has 0 radical (unpaired) electrons. The summed E-state index contributed by atoms with van der Waals surface area (Å²) >= 11 is 0. The number of aromatic nitrogens is 2. The maximum atomic E-state index is 12.7. The Labute approximate surface area is 165 Å². The van der Waals surface area contributed by atoms with Crippen LogP contribution in [0, 0.1) is 20.8 Å². The number of amides is 1. The average Bonchev–Trinajstić information content (AvgIpc) is 2.93. The third-order valence-electron chi connectivity index (χ3n) is 5.53. The lowest BCUT2D eigenvalue weighted by atomic mass is 9.94. The minimum Gasteiger partial charge on any atom is -0.427 e. The molecule has 2 aromatic rings. The number of carbonyl (C=O) groups is 1. The molecule has 152 valence electrons. The Morgan fingerprint density at radius 2 is 2.04 bits per heavy atom. The molecule has 1 fully saturated rings. The second-order valence-corrected chi connectivity index (χ2v) is 7.57. The summed E-state index contributed by atoms with van der Waals surface area (Å²) in [6.07, 6.45) is 2.87. The molecule has 0 spiro atoms. The van der Waals surface area contributed by atoms with Gasteiger partial charge in [0.15, 0.2) is 0 Å². The van der Waals surface area contributed by atoms with E-state index in [1.54, 1.807) is 6.92 Å². The molecule has 0 saturated carbocycles. The molecule has 0 atom stereocenters. The van der Waals surface area contributed by atoms with Gasteiger partial charge in [-0.25, -0.2) is 4.79 Å². The molecule has 3 rings (SSSR count). The van der Waals surface area contributed by atoms with Crippen LogP contribution in [0.25, 0.3) is 0 Å². The van der Waals surface area contributed by atoms with Gasteiger partial charge >= 0.3 is 5.63 Å². The Hall–Kier alpha value is -2.41. The van der Waals surface area contributed by atoms with Gasteiger partial charge in [0.05, 0.1) is 5.69 Å². The summed E-state index contributed by atoms with van der Waals surface area (Å²) in [6.45, 7) is 10.9. The minimum atomic E-state index is -0.554. The molecule has 1 aliphatic rings. The molecule has 2 N–H and O–H groups in total. The Morgan fingerprint density at radius 1 is 1.32 bits per heavy atom. The summed E-state index contributed by atoms with van der Waals surface area (Å²) in [5.41, 5.74) is 3.14. The molecular weight excluding hydrogens is 356 g/mol. The van der Waals surface area contributed by atoms with E-state index in [1.165, 1.54) is 0 Å². The Balaban J connectivity index is 1.75. The van der Waals surface area contributed by atoms with E-state index in [2.05, 4.69) is 22.7 Å². The first-order valence-electron chi connectivity index (χ1n) is 10.1. The Kier molecular flexibility index (Phi) is 6.34. The Morgan fingerprint density at radius 3 is 2.68 bits per heavy atom. The van der Waals surface area contributed by atoms with Crippen LogP contribution in [0.15, 0.2) is 15.3 Å². The number of piperidine rings is 1. The first kappa shape index (κ1) is 20.3. The highest BCUT2D eigenvalue weighted by molar-refractivity contribution is 5.95. The lowest BCUT2D eigenvalue weighted by Crippen LogP contribution is -2.31. The van der Waals surface area contributed by atoms with Crippen molar-refractivity contribution in [1.82, 2.24) is 20.4 Å². The molecule has 0 aromatic carbocycles. The molecule has 1 aliphatic heterocycles. The fourth-order valence-corrected chi connectivity index (χ4v) is 3.89. The zero-order chi connectivity index (χ0) is 20.3. The van der Waals surface area contributed by atoms with E-state index in [-0.39, 0.29) is 11.5 Å². The maximum Gasteiger partial charge on any atom is 0.349 e. The van der Waals surface area contributed by atoms with Crippen LogP contribution in [0.3, 0.4) is 0 Å². The normalized spacial score (nSPS) is 15.0. The maximum absolute atomic E-state index is 12.7. The zero-order valence-corrected chi connectivity index (χ0v) is 17.2. The van der Waals surface area contributed by atoms with Crippen molar-refractivity contribution in [2.45, 2.75) is 66.0 Å². The quantitative estimate of drug-likeness (QED) is 0.796. The van der Waals surface area contributed by atoms with Gasteiger partial charge < -0.3 is 15.1 Å². The SMILES string of the molecule is CCCn1nc(C)c(CNC(=O)c2c(C)cc(C3CCNCC3)oc2=O)c1C. The van der Waals surface area contributed by atoms with Crippen LogP contribution in [-0.4, -0.2) is 28.8 Å². The van der Waals surface area contributed by atoms with Crippen molar-refractivity contribution in [3.8, 4) is 0 Å². The first-order valence-corrected chi connectivity index (χ1v) is 10.1. The standard InChI is InChI=1S/C21H30N4O3/c1-5-10-25-15(4)17(14(3)24-25)12-23-20(26)19-13(2)11-18(28-21(19)27)16-6-8-22-9-7-16/h11,16,22H,5-10,12H2,1-4H3,(H,23,26). The average molecular weight is 386 g/mol. The first-order chi connectivity index (χ1) is 13.4. The molecule has 3 heterocycles. The van der Waals surface area contributed by atoms with Gasteiger partial charge in [-0.2, -0.15) is 5.10 Å². The van der Waals surface area contributed by atoms with Crippen LogP contribution in [0.5, 0.6) is 0 Å². The predicted octanol–water partition coefficient (Wildman–Crippen LogP) is 2.57. The van der Waals surface area contributed by atoms with Crippen molar-refractivity contribution in [1.29, 1.82) is 0 Å². The number of nitrogens with zero attached hydrogens (tertiary/aromatic N) is 2. The fourth-order valence-electron chi connectivity index (χ4n) is 3.89. The third-order valence-corrected chi connectivity index (χ3v) is 5.53. The molecule has 0 unspecified atom stereocenters.